The summed E-state index contributed by atoms with van der Waals surface area (Å²) in [4.78, 5) is 8.03. The second-order valence-electron chi connectivity index (χ2n) is 4.21. The lowest BCUT2D eigenvalue weighted by Crippen LogP contribution is -2.08. The number of hydrogen-bond acceptors (Lipinski definition) is 4. The van der Waals surface area contributed by atoms with Crippen molar-refractivity contribution in [2.45, 2.75) is 12.0 Å². The van der Waals surface area contributed by atoms with Crippen LogP contribution in [0.25, 0.3) is 0 Å². The monoisotopic (exact) mass is 242 g/mol. The molecule has 0 saturated heterocycles. The molecule has 4 nitrogen and oxygen atoms in total. The maximum atomic E-state index is 12.9. The molecule has 0 spiro atoms. The fraction of sp³-hybridized carbons (Fsp3) is 0.231. The Morgan fingerprint density at radius 3 is 2.44 bits per heavy atom. The van der Waals surface area contributed by atoms with Gasteiger partial charge in [0.2, 0.25) is 0 Å². The maximum absolute atomic E-state index is 12.9. The van der Waals surface area contributed by atoms with Crippen LogP contribution in [0.3, 0.4) is 0 Å². The smallest absolute Gasteiger partial charge is 0.123 e. The molecular weight excluding hydrogens is 231 g/mol. The Hall–Kier alpha value is -2.17. The van der Waals surface area contributed by atoms with Crippen molar-refractivity contribution in [3.05, 3.63) is 59.9 Å². The summed E-state index contributed by atoms with van der Waals surface area (Å²) < 4.78 is 12.9. The molecule has 0 fully saturated rings. The van der Waals surface area contributed by atoms with E-state index < -0.39 is 0 Å². The van der Waals surface area contributed by atoms with Gasteiger partial charge in [0.1, 0.15) is 18.2 Å². The van der Waals surface area contributed by atoms with Gasteiger partial charge in [0.15, 0.2) is 0 Å². The first kappa shape index (κ1) is 11.0. The van der Waals surface area contributed by atoms with E-state index in [4.69, 9.17) is 0 Å². The Kier molecular flexibility index (Phi) is 2.80. The van der Waals surface area contributed by atoms with Crippen LogP contribution in [0.2, 0.25) is 0 Å². The molecule has 0 bridgehead atoms. The van der Waals surface area contributed by atoms with Crippen molar-refractivity contribution in [1.82, 2.24) is 9.97 Å². The summed E-state index contributed by atoms with van der Waals surface area (Å²) in [5.74, 6) is -0.107. The van der Waals surface area contributed by atoms with Gasteiger partial charge in [0.25, 0.3) is 0 Å². The van der Waals surface area contributed by atoms with Gasteiger partial charge in [-0.3, -0.25) is 0 Å². The molecule has 1 aromatic heterocycles. The molecule has 0 radical (unpaired) electrons. The number of aromatic nitrogens is 2. The predicted molar refractivity (Wildman–Crippen MR) is 63.6 cm³/mol. The summed E-state index contributed by atoms with van der Waals surface area (Å²) in [5, 5.41) is 8.34. The third-order valence-corrected chi connectivity index (χ3v) is 3.09. The van der Waals surface area contributed by atoms with Crippen LogP contribution in [0.5, 0.6) is 0 Å². The lowest BCUT2D eigenvalue weighted by atomic mass is 9.90. The highest BCUT2D eigenvalue weighted by Crippen LogP contribution is 2.38. The number of azo groups is 1. The SMILES string of the molecule is Fc1ccc(C2N=NCC2c2cncnc2)cc1. The van der Waals surface area contributed by atoms with E-state index in [0.29, 0.717) is 6.54 Å². The third-order valence-electron chi connectivity index (χ3n) is 3.09. The Bertz CT molecular complexity index is 553. The molecule has 0 aliphatic carbocycles. The average Bonchev–Trinajstić information content (AvgIpc) is 2.90. The van der Waals surface area contributed by atoms with Crippen molar-refractivity contribution < 1.29 is 4.39 Å². The van der Waals surface area contributed by atoms with E-state index in [2.05, 4.69) is 20.2 Å². The summed E-state index contributed by atoms with van der Waals surface area (Å²) in [7, 11) is 0. The predicted octanol–water partition coefficient (Wildman–Crippen LogP) is 2.91. The largest absolute Gasteiger partial charge is 0.245 e. The lowest BCUT2D eigenvalue weighted by molar-refractivity contribution is 0.613. The van der Waals surface area contributed by atoms with Gasteiger partial charge in [0.05, 0.1) is 6.54 Å². The van der Waals surface area contributed by atoms with Crippen LogP contribution < -0.4 is 0 Å². The highest BCUT2D eigenvalue weighted by Gasteiger charge is 2.29. The molecule has 1 aliphatic rings. The zero-order valence-electron chi connectivity index (χ0n) is 9.57. The Morgan fingerprint density at radius 1 is 1.00 bits per heavy atom. The van der Waals surface area contributed by atoms with Crippen molar-refractivity contribution >= 4 is 0 Å². The lowest BCUT2D eigenvalue weighted by Gasteiger charge is -2.16. The molecule has 0 saturated carbocycles. The standard InChI is InChI=1S/C13H11FN4/c14-11-3-1-9(2-4-11)13-12(7-17-18-13)10-5-15-8-16-6-10/h1-6,8,12-13H,7H2. The van der Waals surface area contributed by atoms with Gasteiger partial charge in [-0.2, -0.15) is 10.2 Å². The van der Waals surface area contributed by atoms with E-state index in [-0.39, 0.29) is 17.8 Å². The van der Waals surface area contributed by atoms with Crippen LogP contribution in [-0.4, -0.2) is 16.5 Å². The summed E-state index contributed by atoms with van der Waals surface area (Å²) >= 11 is 0. The Morgan fingerprint density at radius 2 is 1.72 bits per heavy atom. The van der Waals surface area contributed by atoms with E-state index in [0.717, 1.165) is 11.1 Å². The van der Waals surface area contributed by atoms with Crippen LogP contribution in [0.4, 0.5) is 4.39 Å². The summed E-state index contributed by atoms with van der Waals surface area (Å²) in [6.07, 6.45) is 5.06. The average molecular weight is 242 g/mol. The second kappa shape index (κ2) is 4.60. The van der Waals surface area contributed by atoms with Crippen molar-refractivity contribution in [3.8, 4) is 0 Å². The van der Waals surface area contributed by atoms with Gasteiger partial charge < -0.3 is 0 Å². The zero-order chi connectivity index (χ0) is 12.4. The van der Waals surface area contributed by atoms with E-state index in [1.54, 1.807) is 24.5 Å². The molecule has 90 valence electrons. The van der Waals surface area contributed by atoms with Crippen LogP contribution in [-0.2, 0) is 0 Å². The molecule has 0 N–H and O–H groups in total. The minimum absolute atomic E-state index is 0.0726. The number of halogens is 1. The molecule has 2 atom stereocenters. The molecule has 5 heteroatoms. The normalized spacial score (nSPS) is 22.3. The fourth-order valence-electron chi connectivity index (χ4n) is 2.15. The van der Waals surface area contributed by atoms with E-state index in [9.17, 15) is 4.39 Å². The first-order valence-electron chi connectivity index (χ1n) is 5.71. The molecule has 2 aromatic rings. The van der Waals surface area contributed by atoms with Gasteiger partial charge in [-0.05, 0) is 23.3 Å². The first-order valence-corrected chi connectivity index (χ1v) is 5.71. The van der Waals surface area contributed by atoms with Gasteiger partial charge in [-0.1, -0.05) is 12.1 Å². The summed E-state index contributed by atoms with van der Waals surface area (Å²) in [6, 6.07) is 6.32. The highest BCUT2D eigenvalue weighted by atomic mass is 19.1. The van der Waals surface area contributed by atoms with Crippen molar-refractivity contribution in [2.75, 3.05) is 6.54 Å². The molecule has 18 heavy (non-hydrogen) atoms. The quantitative estimate of drug-likeness (QED) is 0.813. The number of nitrogens with zero attached hydrogens (tertiary/aromatic N) is 4. The molecular formula is C13H11FN4. The van der Waals surface area contributed by atoms with Gasteiger partial charge in [-0.15, -0.1) is 0 Å². The number of rotatable bonds is 2. The molecule has 1 aromatic carbocycles. The van der Waals surface area contributed by atoms with Gasteiger partial charge >= 0.3 is 0 Å². The topological polar surface area (TPSA) is 50.5 Å². The zero-order valence-corrected chi connectivity index (χ0v) is 9.57. The Labute approximate surface area is 104 Å². The second-order valence-corrected chi connectivity index (χ2v) is 4.21. The van der Waals surface area contributed by atoms with Crippen molar-refractivity contribution in [1.29, 1.82) is 0 Å². The van der Waals surface area contributed by atoms with Crippen molar-refractivity contribution in [3.63, 3.8) is 0 Å². The van der Waals surface area contributed by atoms with Gasteiger partial charge in [-0.25, -0.2) is 14.4 Å². The Balaban J connectivity index is 1.91. The minimum atomic E-state index is -0.242. The summed E-state index contributed by atoms with van der Waals surface area (Å²) in [6.45, 7) is 0.620. The van der Waals surface area contributed by atoms with Crippen molar-refractivity contribution in [2.24, 2.45) is 10.2 Å². The fourth-order valence-corrected chi connectivity index (χ4v) is 2.15. The maximum Gasteiger partial charge on any atom is 0.123 e. The van der Waals surface area contributed by atoms with E-state index >= 15 is 0 Å². The van der Waals surface area contributed by atoms with E-state index in [1.807, 2.05) is 0 Å². The third kappa shape index (κ3) is 1.99. The molecule has 2 unspecified atom stereocenters. The molecule has 3 rings (SSSR count). The minimum Gasteiger partial charge on any atom is -0.245 e. The first-order chi connectivity index (χ1) is 8.84. The number of benzene rings is 1. The molecule has 1 aliphatic heterocycles. The summed E-state index contributed by atoms with van der Waals surface area (Å²) in [5.41, 5.74) is 1.98. The molecule has 0 amide bonds. The van der Waals surface area contributed by atoms with Gasteiger partial charge in [0, 0.05) is 18.3 Å². The van der Waals surface area contributed by atoms with Crippen LogP contribution in [0.1, 0.15) is 23.1 Å². The number of hydrogen-bond donors (Lipinski definition) is 0. The highest BCUT2D eigenvalue weighted by molar-refractivity contribution is 5.27. The van der Waals surface area contributed by atoms with Crippen LogP contribution in [0, 0.1) is 5.82 Å². The molecule has 2 heterocycles. The van der Waals surface area contributed by atoms with E-state index in [1.165, 1.54) is 18.5 Å². The van der Waals surface area contributed by atoms with Crippen LogP contribution in [0.15, 0.2) is 53.2 Å². The van der Waals surface area contributed by atoms with Crippen LogP contribution >= 0.6 is 0 Å².